The molecule has 0 spiro atoms. The Bertz CT molecular complexity index is 760. The number of aliphatic hydroxyl groups excluding tert-OH is 1. The van der Waals surface area contributed by atoms with Crippen molar-refractivity contribution in [2.75, 3.05) is 0 Å². The molecule has 0 aromatic heterocycles. The van der Waals surface area contributed by atoms with Crippen LogP contribution in [0.25, 0.3) is 0 Å². The van der Waals surface area contributed by atoms with Gasteiger partial charge >= 0.3 is 0 Å². The van der Waals surface area contributed by atoms with E-state index in [0.29, 0.717) is 28.6 Å². The Morgan fingerprint density at radius 3 is 2.19 bits per heavy atom. The van der Waals surface area contributed by atoms with Crippen LogP contribution in [0.4, 0.5) is 0 Å². The monoisotopic (exact) mass is 386 g/mol. The van der Waals surface area contributed by atoms with E-state index in [1.54, 1.807) is 0 Å². The van der Waals surface area contributed by atoms with Crippen molar-refractivity contribution < 1.29 is 14.2 Å². The molecule has 1 aliphatic carbocycles. The lowest BCUT2D eigenvalue weighted by atomic mass is 9.75. The molecule has 1 aliphatic rings. The van der Waals surface area contributed by atoms with Crippen LogP contribution in [-0.4, -0.2) is 11.2 Å². The number of hydrogen-bond acceptors (Lipinski definition) is 3. The van der Waals surface area contributed by atoms with Gasteiger partial charge in [0.05, 0.1) is 6.10 Å². The highest BCUT2D eigenvalue weighted by molar-refractivity contribution is 7.67. The standard InChI is InChI=1S/C23H31O3P/c1-17(2)21-15-14-18(3)16-22(21)26-27(25,20-12-8-5-9-13-20)23(24)19-10-6-4-7-11-19/h4-13,17-18,21-24H,14-16H2,1-3H3/t18-,21+,22-,23-,27?/m1/s1. The molecular formula is C23H31O3P. The average molecular weight is 386 g/mol. The molecule has 1 unspecified atom stereocenters. The third-order valence-corrected chi connectivity index (χ3v) is 8.33. The summed E-state index contributed by atoms with van der Waals surface area (Å²) in [6.45, 7) is 6.64. The van der Waals surface area contributed by atoms with E-state index in [-0.39, 0.29) is 6.10 Å². The van der Waals surface area contributed by atoms with E-state index in [1.165, 1.54) is 6.42 Å². The minimum Gasteiger partial charge on any atom is -0.378 e. The number of hydrogen-bond donors (Lipinski definition) is 1. The first-order chi connectivity index (χ1) is 12.9. The molecule has 0 heterocycles. The zero-order valence-electron chi connectivity index (χ0n) is 16.5. The second-order valence-electron chi connectivity index (χ2n) is 8.19. The maximum absolute atomic E-state index is 14.2. The molecule has 146 valence electrons. The molecule has 0 saturated heterocycles. The molecule has 3 nitrogen and oxygen atoms in total. The van der Waals surface area contributed by atoms with Gasteiger partial charge < -0.3 is 9.63 Å². The summed E-state index contributed by atoms with van der Waals surface area (Å²) in [6, 6.07) is 18.4. The Balaban J connectivity index is 1.98. The lowest BCUT2D eigenvalue weighted by Gasteiger charge is -2.39. The first-order valence-electron chi connectivity index (χ1n) is 9.98. The van der Waals surface area contributed by atoms with Gasteiger partial charge in [0.25, 0.3) is 7.37 Å². The van der Waals surface area contributed by atoms with Gasteiger partial charge in [-0.2, -0.15) is 0 Å². The van der Waals surface area contributed by atoms with E-state index >= 15 is 0 Å². The van der Waals surface area contributed by atoms with Crippen LogP contribution in [-0.2, 0) is 9.09 Å². The summed E-state index contributed by atoms with van der Waals surface area (Å²) in [4.78, 5) is 0. The van der Waals surface area contributed by atoms with Crippen molar-refractivity contribution >= 4 is 12.7 Å². The highest BCUT2D eigenvalue weighted by Crippen LogP contribution is 2.60. The van der Waals surface area contributed by atoms with Gasteiger partial charge in [0.2, 0.25) is 0 Å². The SMILES string of the molecule is CC(C)[C@@H]1CC[C@@H](C)C[C@H]1OP(=O)(c1ccccc1)[C@@H](O)c1ccccc1. The van der Waals surface area contributed by atoms with Crippen LogP contribution >= 0.6 is 7.37 Å². The molecule has 2 aromatic carbocycles. The van der Waals surface area contributed by atoms with Gasteiger partial charge in [0, 0.05) is 5.30 Å². The van der Waals surface area contributed by atoms with Crippen LogP contribution in [0.1, 0.15) is 51.4 Å². The van der Waals surface area contributed by atoms with Gasteiger partial charge in [-0.15, -0.1) is 0 Å². The zero-order valence-corrected chi connectivity index (χ0v) is 17.4. The largest absolute Gasteiger partial charge is 0.378 e. The Morgan fingerprint density at radius 2 is 1.59 bits per heavy atom. The van der Waals surface area contributed by atoms with Crippen molar-refractivity contribution in [3.63, 3.8) is 0 Å². The minimum absolute atomic E-state index is 0.0989. The maximum Gasteiger partial charge on any atom is 0.264 e. The molecule has 4 heteroatoms. The number of benzene rings is 2. The van der Waals surface area contributed by atoms with Gasteiger partial charge in [0.1, 0.15) is 0 Å². The number of rotatable bonds is 6. The lowest BCUT2D eigenvalue weighted by molar-refractivity contribution is 0.0427. The average Bonchev–Trinajstić information content (AvgIpc) is 2.68. The highest BCUT2D eigenvalue weighted by atomic mass is 31.2. The van der Waals surface area contributed by atoms with E-state index < -0.39 is 13.2 Å². The predicted molar refractivity (Wildman–Crippen MR) is 111 cm³/mol. The predicted octanol–water partition coefficient (Wildman–Crippen LogP) is 5.76. The van der Waals surface area contributed by atoms with Crippen molar-refractivity contribution in [3.8, 4) is 0 Å². The van der Waals surface area contributed by atoms with Crippen LogP contribution in [0.3, 0.4) is 0 Å². The van der Waals surface area contributed by atoms with E-state index in [9.17, 15) is 9.67 Å². The molecule has 1 fully saturated rings. The van der Waals surface area contributed by atoms with E-state index in [2.05, 4.69) is 20.8 Å². The van der Waals surface area contributed by atoms with E-state index in [1.807, 2.05) is 60.7 Å². The maximum atomic E-state index is 14.2. The summed E-state index contributed by atoms with van der Waals surface area (Å²) < 4.78 is 20.6. The van der Waals surface area contributed by atoms with Crippen LogP contribution in [0.5, 0.6) is 0 Å². The van der Waals surface area contributed by atoms with Crippen LogP contribution in [0.15, 0.2) is 60.7 Å². The second kappa shape index (κ2) is 8.73. The van der Waals surface area contributed by atoms with Crippen molar-refractivity contribution in [3.05, 3.63) is 66.2 Å². The summed E-state index contributed by atoms with van der Waals surface area (Å²) in [5.74, 6) is 0.205. The van der Waals surface area contributed by atoms with Crippen LogP contribution in [0, 0.1) is 17.8 Å². The molecule has 1 N–H and O–H groups in total. The molecule has 0 amide bonds. The minimum atomic E-state index is -3.50. The summed E-state index contributed by atoms with van der Waals surface area (Å²) in [7, 11) is -3.50. The summed E-state index contributed by atoms with van der Waals surface area (Å²) in [6.07, 6.45) is 3.05. The van der Waals surface area contributed by atoms with Gasteiger partial charge in [-0.05, 0) is 48.3 Å². The fourth-order valence-electron chi connectivity index (χ4n) is 4.15. The smallest absolute Gasteiger partial charge is 0.264 e. The normalized spacial score (nSPS) is 26.5. The topological polar surface area (TPSA) is 46.5 Å². The molecule has 2 aromatic rings. The van der Waals surface area contributed by atoms with Crippen molar-refractivity contribution in [1.82, 2.24) is 0 Å². The zero-order chi connectivity index (χ0) is 19.4. The van der Waals surface area contributed by atoms with Gasteiger partial charge in [-0.25, -0.2) is 0 Å². The van der Waals surface area contributed by atoms with Crippen molar-refractivity contribution in [1.29, 1.82) is 0 Å². The Labute approximate surface area is 163 Å². The molecule has 0 radical (unpaired) electrons. The van der Waals surface area contributed by atoms with Gasteiger partial charge in [-0.1, -0.05) is 75.7 Å². The second-order valence-corrected chi connectivity index (χ2v) is 10.6. The third-order valence-electron chi connectivity index (χ3n) is 5.79. The molecule has 5 atom stereocenters. The summed E-state index contributed by atoms with van der Waals surface area (Å²) >= 11 is 0. The van der Waals surface area contributed by atoms with Crippen LogP contribution in [0.2, 0.25) is 0 Å². The third kappa shape index (κ3) is 4.54. The van der Waals surface area contributed by atoms with Crippen molar-refractivity contribution in [2.24, 2.45) is 17.8 Å². The Hall–Kier alpha value is -1.41. The highest BCUT2D eigenvalue weighted by Gasteiger charge is 2.42. The van der Waals surface area contributed by atoms with Crippen LogP contribution < -0.4 is 5.30 Å². The van der Waals surface area contributed by atoms with Gasteiger partial charge in [-0.3, -0.25) is 4.57 Å². The molecule has 1 saturated carbocycles. The number of aliphatic hydroxyl groups is 1. The molecule has 27 heavy (non-hydrogen) atoms. The van der Waals surface area contributed by atoms with Gasteiger partial charge in [0.15, 0.2) is 5.85 Å². The molecule has 0 aliphatic heterocycles. The van der Waals surface area contributed by atoms with E-state index in [0.717, 1.165) is 12.8 Å². The fraction of sp³-hybridized carbons (Fsp3) is 0.478. The van der Waals surface area contributed by atoms with Crippen molar-refractivity contribution in [2.45, 2.75) is 52.0 Å². The Morgan fingerprint density at radius 1 is 1.00 bits per heavy atom. The quantitative estimate of drug-likeness (QED) is 0.642. The Kier molecular flexibility index (Phi) is 6.57. The lowest BCUT2D eigenvalue weighted by Crippen LogP contribution is -2.35. The molecular weight excluding hydrogens is 355 g/mol. The molecule has 0 bridgehead atoms. The summed E-state index contributed by atoms with van der Waals surface area (Å²) in [5.41, 5.74) is 0.634. The first kappa shape index (κ1) is 20.3. The van der Waals surface area contributed by atoms with E-state index in [4.69, 9.17) is 4.52 Å². The molecule has 3 rings (SSSR count). The first-order valence-corrected chi connectivity index (χ1v) is 11.7. The summed E-state index contributed by atoms with van der Waals surface area (Å²) in [5, 5.41) is 11.7. The fourth-order valence-corrected chi connectivity index (χ4v) is 6.47.